The Kier molecular flexibility index (Phi) is 9.17. The summed E-state index contributed by atoms with van der Waals surface area (Å²) in [5, 5.41) is 2.22. The van der Waals surface area contributed by atoms with E-state index in [0.29, 0.717) is 0 Å². The minimum absolute atomic E-state index is 1.20. The molecule has 0 unspecified atom stereocenters. The zero-order valence-corrected chi connectivity index (χ0v) is 7.91. The van der Waals surface area contributed by atoms with E-state index < -0.39 is 0 Å². The summed E-state index contributed by atoms with van der Waals surface area (Å²) >= 11 is 1.89. The van der Waals surface area contributed by atoms with Crippen LogP contribution in [0.4, 0.5) is 0 Å². The maximum atomic E-state index is 2.28. The van der Waals surface area contributed by atoms with Gasteiger partial charge in [-0.15, -0.1) is 11.8 Å². The Hall–Kier alpha value is 0.0900. The first-order chi connectivity index (χ1) is 4.91. The van der Waals surface area contributed by atoms with Crippen molar-refractivity contribution in [2.45, 2.75) is 39.5 Å². The minimum atomic E-state index is 1.20. The summed E-state index contributed by atoms with van der Waals surface area (Å²) in [6, 6.07) is 0. The third kappa shape index (κ3) is 8.09. The smallest absolute Gasteiger partial charge is 0.00546 e. The molecule has 1 heteroatoms. The molecule has 0 saturated carbocycles. The van der Waals surface area contributed by atoms with Crippen LogP contribution >= 0.6 is 11.8 Å². The molecule has 0 aliphatic heterocycles. The Balaban J connectivity index is 2.88. The van der Waals surface area contributed by atoms with Crippen molar-refractivity contribution in [2.24, 2.45) is 0 Å². The van der Waals surface area contributed by atoms with E-state index in [-0.39, 0.29) is 0 Å². The van der Waals surface area contributed by atoms with Crippen LogP contribution in [0.3, 0.4) is 0 Å². The first kappa shape index (κ1) is 10.1. The Morgan fingerprint density at radius 2 is 2.00 bits per heavy atom. The van der Waals surface area contributed by atoms with E-state index >= 15 is 0 Å². The van der Waals surface area contributed by atoms with Crippen molar-refractivity contribution in [2.75, 3.05) is 5.75 Å². The van der Waals surface area contributed by atoms with Gasteiger partial charge in [-0.25, -0.2) is 0 Å². The Morgan fingerprint density at radius 3 is 2.60 bits per heavy atom. The standard InChI is InChI=1S/C9H18S/c1-3-5-6-7-8-9-10-4-2/h8-9H,3-7H2,1-2H3. The fourth-order valence-corrected chi connectivity index (χ4v) is 1.21. The highest BCUT2D eigenvalue weighted by molar-refractivity contribution is 8.02. The minimum Gasteiger partial charge on any atom is -0.135 e. The molecule has 0 aromatic heterocycles. The van der Waals surface area contributed by atoms with Gasteiger partial charge in [0.15, 0.2) is 0 Å². The van der Waals surface area contributed by atoms with Gasteiger partial charge in [0.25, 0.3) is 0 Å². The van der Waals surface area contributed by atoms with E-state index in [0.717, 1.165) is 0 Å². The van der Waals surface area contributed by atoms with Crippen molar-refractivity contribution in [3.8, 4) is 0 Å². The van der Waals surface area contributed by atoms with Gasteiger partial charge in [0.05, 0.1) is 0 Å². The van der Waals surface area contributed by atoms with Gasteiger partial charge < -0.3 is 0 Å². The van der Waals surface area contributed by atoms with Crippen molar-refractivity contribution in [3.05, 3.63) is 11.5 Å². The van der Waals surface area contributed by atoms with Crippen LogP contribution in [-0.4, -0.2) is 5.75 Å². The molecule has 10 heavy (non-hydrogen) atoms. The molecule has 0 atom stereocenters. The lowest BCUT2D eigenvalue weighted by atomic mass is 10.2. The van der Waals surface area contributed by atoms with Crippen LogP contribution in [0.2, 0.25) is 0 Å². The number of thioether (sulfide) groups is 1. The monoisotopic (exact) mass is 158 g/mol. The van der Waals surface area contributed by atoms with Gasteiger partial charge in [-0.2, -0.15) is 0 Å². The highest BCUT2D eigenvalue weighted by Crippen LogP contribution is 2.04. The molecule has 0 aliphatic carbocycles. The molecule has 0 aromatic carbocycles. The van der Waals surface area contributed by atoms with Gasteiger partial charge in [0.1, 0.15) is 0 Å². The molecule has 0 nitrogen and oxygen atoms in total. The van der Waals surface area contributed by atoms with E-state index in [2.05, 4.69) is 25.3 Å². The quantitative estimate of drug-likeness (QED) is 0.529. The highest BCUT2D eigenvalue weighted by atomic mass is 32.2. The van der Waals surface area contributed by atoms with Crippen molar-refractivity contribution in [1.82, 2.24) is 0 Å². The van der Waals surface area contributed by atoms with E-state index in [9.17, 15) is 0 Å². The summed E-state index contributed by atoms with van der Waals surface area (Å²) in [6.07, 6.45) is 7.61. The molecule has 0 radical (unpaired) electrons. The number of unbranched alkanes of at least 4 members (excludes halogenated alkanes) is 3. The van der Waals surface area contributed by atoms with Crippen molar-refractivity contribution in [1.29, 1.82) is 0 Å². The largest absolute Gasteiger partial charge is 0.135 e. The van der Waals surface area contributed by atoms with Crippen LogP contribution in [0, 0.1) is 0 Å². The van der Waals surface area contributed by atoms with Gasteiger partial charge in [-0.1, -0.05) is 32.8 Å². The Bertz CT molecular complexity index is 76.8. The van der Waals surface area contributed by atoms with Gasteiger partial charge in [-0.05, 0) is 24.0 Å². The lowest BCUT2D eigenvalue weighted by Crippen LogP contribution is -1.69. The molecule has 0 amide bonds. The Morgan fingerprint density at radius 1 is 1.20 bits per heavy atom. The van der Waals surface area contributed by atoms with E-state index in [1.54, 1.807) is 0 Å². The molecule has 0 N–H and O–H groups in total. The zero-order valence-electron chi connectivity index (χ0n) is 7.10. The molecular formula is C9H18S. The fraction of sp³-hybridized carbons (Fsp3) is 0.778. The van der Waals surface area contributed by atoms with Crippen LogP contribution in [0.15, 0.2) is 11.5 Å². The molecular weight excluding hydrogens is 140 g/mol. The summed E-state index contributed by atoms with van der Waals surface area (Å²) in [4.78, 5) is 0. The first-order valence-electron chi connectivity index (χ1n) is 4.18. The van der Waals surface area contributed by atoms with Crippen molar-refractivity contribution >= 4 is 11.8 Å². The van der Waals surface area contributed by atoms with E-state index in [4.69, 9.17) is 0 Å². The second kappa shape index (κ2) is 9.09. The first-order valence-corrected chi connectivity index (χ1v) is 5.23. The third-order valence-corrected chi connectivity index (χ3v) is 2.05. The number of rotatable bonds is 6. The number of hydrogen-bond acceptors (Lipinski definition) is 1. The highest BCUT2D eigenvalue weighted by Gasteiger charge is 1.80. The summed E-state index contributed by atoms with van der Waals surface area (Å²) in [5.41, 5.74) is 0. The van der Waals surface area contributed by atoms with Gasteiger partial charge in [-0.3, -0.25) is 0 Å². The second-order valence-electron chi connectivity index (χ2n) is 2.32. The van der Waals surface area contributed by atoms with Crippen LogP contribution in [0.1, 0.15) is 39.5 Å². The predicted octanol–water partition coefficient (Wildman–Crippen LogP) is 3.83. The van der Waals surface area contributed by atoms with Gasteiger partial charge in [0.2, 0.25) is 0 Å². The number of hydrogen-bond donors (Lipinski definition) is 0. The van der Waals surface area contributed by atoms with Crippen LogP contribution in [-0.2, 0) is 0 Å². The SMILES string of the molecule is CCCCCC=CSCC. The summed E-state index contributed by atoms with van der Waals surface area (Å²) in [5.74, 6) is 1.20. The second-order valence-corrected chi connectivity index (χ2v) is 3.51. The van der Waals surface area contributed by atoms with Crippen molar-refractivity contribution < 1.29 is 0 Å². The summed E-state index contributed by atoms with van der Waals surface area (Å²) in [7, 11) is 0. The van der Waals surface area contributed by atoms with Crippen LogP contribution < -0.4 is 0 Å². The molecule has 60 valence electrons. The Labute approximate surface area is 69.1 Å². The van der Waals surface area contributed by atoms with E-state index in [1.807, 2.05) is 11.8 Å². The lowest BCUT2D eigenvalue weighted by Gasteiger charge is -1.90. The normalized spacial score (nSPS) is 11.0. The molecule has 0 aromatic rings. The molecule has 0 fully saturated rings. The van der Waals surface area contributed by atoms with E-state index in [1.165, 1.54) is 31.4 Å². The molecule has 0 heterocycles. The van der Waals surface area contributed by atoms with Crippen LogP contribution in [0.25, 0.3) is 0 Å². The molecule has 0 rings (SSSR count). The molecule has 0 bridgehead atoms. The molecule has 0 aliphatic rings. The van der Waals surface area contributed by atoms with Gasteiger partial charge >= 0.3 is 0 Å². The van der Waals surface area contributed by atoms with Gasteiger partial charge in [0, 0.05) is 0 Å². The fourth-order valence-electron chi connectivity index (χ4n) is 0.744. The van der Waals surface area contributed by atoms with Crippen LogP contribution in [0.5, 0.6) is 0 Å². The third-order valence-electron chi connectivity index (χ3n) is 1.33. The summed E-state index contributed by atoms with van der Waals surface area (Å²) < 4.78 is 0. The summed E-state index contributed by atoms with van der Waals surface area (Å²) in [6.45, 7) is 4.42. The average Bonchev–Trinajstić information content (AvgIpc) is 1.97. The maximum absolute atomic E-state index is 2.28. The predicted molar refractivity (Wildman–Crippen MR) is 51.4 cm³/mol. The topological polar surface area (TPSA) is 0 Å². The molecule has 0 spiro atoms. The molecule has 0 saturated heterocycles. The van der Waals surface area contributed by atoms with Crippen molar-refractivity contribution in [3.63, 3.8) is 0 Å². The number of allylic oxidation sites excluding steroid dienone is 1. The maximum Gasteiger partial charge on any atom is -0.00546 e. The zero-order chi connectivity index (χ0) is 7.66. The lowest BCUT2D eigenvalue weighted by molar-refractivity contribution is 0.729. The average molecular weight is 158 g/mol.